The van der Waals surface area contributed by atoms with E-state index in [2.05, 4.69) is 33.2 Å². The number of hydrogen-bond acceptors (Lipinski definition) is 6. The van der Waals surface area contributed by atoms with Crippen LogP contribution < -0.4 is 4.74 Å². The van der Waals surface area contributed by atoms with E-state index in [0.29, 0.717) is 38.0 Å². The smallest absolute Gasteiger partial charge is 0.309 e. The lowest BCUT2D eigenvalue weighted by molar-refractivity contribution is -0.147. The van der Waals surface area contributed by atoms with Crippen LogP contribution in [0.15, 0.2) is 95.5 Å². The molecule has 1 N–H and O–H groups in total. The molecule has 0 amide bonds. The Labute approximate surface area is 226 Å². The Morgan fingerprint density at radius 1 is 0.921 bits per heavy atom. The van der Waals surface area contributed by atoms with Gasteiger partial charge in [-0.15, -0.1) is 12.4 Å². The Morgan fingerprint density at radius 2 is 1.63 bits per heavy atom. The standard InChI is InChI=1S/C30H25N3O4.ClH/c34-30(35)23-17-33(18-23)16-22-12-15-27(26-9-5-4-8-25(22)26)28-31-29(37-32-28)21-10-13-24(14-11-21)36-19-20-6-2-1-3-7-20;/h1-15,23H,16-19H2,(H,34,35);1H. The van der Waals surface area contributed by atoms with Gasteiger partial charge in [0.1, 0.15) is 12.4 Å². The highest BCUT2D eigenvalue weighted by molar-refractivity contribution is 5.97. The molecule has 4 aromatic carbocycles. The van der Waals surface area contributed by atoms with Crippen LogP contribution in [0.3, 0.4) is 0 Å². The number of aliphatic carboxylic acids is 1. The van der Waals surface area contributed by atoms with Crippen molar-refractivity contribution >= 4 is 29.1 Å². The second kappa shape index (κ2) is 11.0. The van der Waals surface area contributed by atoms with Gasteiger partial charge in [-0.05, 0) is 46.2 Å². The zero-order chi connectivity index (χ0) is 25.2. The van der Waals surface area contributed by atoms with Gasteiger partial charge in [0.25, 0.3) is 5.89 Å². The maximum Gasteiger partial charge on any atom is 0.309 e. The lowest BCUT2D eigenvalue weighted by atomic mass is 9.95. The highest BCUT2D eigenvalue weighted by Crippen LogP contribution is 2.32. The van der Waals surface area contributed by atoms with Crippen molar-refractivity contribution in [3.63, 3.8) is 0 Å². The average Bonchev–Trinajstić information content (AvgIpc) is 3.40. The minimum atomic E-state index is -0.723. The van der Waals surface area contributed by atoms with Crippen molar-refractivity contribution in [1.29, 1.82) is 0 Å². The number of carboxylic acids is 1. The number of carboxylic acid groups (broad SMARTS) is 1. The van der Waals surface area contributed by atoms with Gasteiger partial charge in [0.05, 0.1) is 5.92 Å². The number of aromatic nitrogens is 2. The summed E-state index contributed by atoms with van der Waals surface area (Å²) in [4.78, 5) is 18.0. The highest BCUT2D eigenvalue weighted by Gasteiger charge is 2.32. The van der Waals surface area contributed by atoms with Crippen LogP contribution in [0, 0.1) is 5.92 Å². The fourth-order valence-corrected chi connectivity index (χ4v) is 4.68. The van der Waals surface area contributed by atoms with Gasteiger partial charge in [0.15, 0.2) is 0 Å². The van der Waals surface area contributed by atoms with Crippen LogP contribution in [0.25, 0.3) is 33.6 Å². The molecule has 2 heterocycles. The second-order valence-electron chi connectivity index (χ2n) is 9.27. The molecule has 1 aliphatic heterocycles. The summed E-state index contributed by atoms with van der Waals surface area (Å²) in [7, 11) is 0. The van der Waals surface area contributed by atoms with Crippen molar-refractivity contribution in [2.75, 3.05) is 13.1 Å². The van der Waals surface area contributed by atoms with Gasteiger partial charge in [-0.2, -0.15) is 4.98 Å². The minimum absolute atomic E-state index is 0. The third-order valence-corrected chi connectivity index (χ3v) is 6.73. The van der Waals surface area contributed by atoms with E-state index in [9.17, 15) is 4.79 Å². The van der Waals surface area contributed by atoms with Crippen molar-refractivity contribution in [3.05, 3.63) is 102 Å². The Balaban J connectivity index is 0.00000294. The summed E-state index contributed by atoms with van der Waals surface area (Å²) >= 11 is 0. The first kappa shape index (κ1) is 25.4. The molecule has 0 bridgehead atoms. The maximum absolute atomic E-state index is 11.1. The number of carbonyl (C=O) groups is 1. The van der Waals surface area contributed by atoms with E-state index >= 15 is 0 Å². The molecule has 192 valence electrons. The van der Waals surface area contributed by atoms with Crippen molar-refractivity contribution in [2.24, 2.45) is 5.92 Å². The predicted molar refractivity (Wildman–Crippen MR) is 147 cm³/mol. The van der Waals surface area contributed by atoms with Gasteiger partial charge in [-0.3, -0.25) is 9.69 Å². The summed E-state index contributed by atoms with van der Waals surface area (Å²) in [5.74, 6) is 0.743. The molecule has 7 nitrogen and oxygen atoms in total. The van der Waals surface area contributed by atoms with Crippen LogP contribution in [0.5, 0.6) is 5.75 Å². The van der Waals surface area contributed by atoms with E-state index < -0.39 is 5.97 Å². The summed E-state index contributed by atoms with van der Waals surface area (Å²) < 4.78 is 11.5. The quantitative estimate of drug-likeness (QED) is 0.262. The number of rotatable bonds is 8. The fourth-order valence-electron chi connectivity index (χ4n) is 4.68. The normalized spacial score (nSPS) is 13.6. The molecule has 0 saturated carbocycles. The molecule has 38 heavy (non-hydrogen) atoms. The number of halogens is 1. The Hall–Kier alpha value is -4.20. The SMILES string of the molecule is Cl.O=C(O)C1CN(Cc2ccc(-c3noc(-c4ccc(OCc5ccccc5)cc4)n3)c3ccccc23)C1. The third-order valence-electron chi connectivity index (χ3n) is 6.73. The molecule has 0 spiro atoms. The molecule has 1 aliphatic rings. The molecule has 8 heteroatoms. The second-order valence-corrected chi connectivity index (χ2v) is 9.27. The molecule has 0 radical (unpaired) electrons. The van der Waals surface area contributed by atoms with E-state index in [4.69, 9.17) is 14.4 Å². The molecule has 5 aromatic rings. The van der Waals surface area contributed by atoms with Crippen LogP contribution in [-0.4, -0.2) is 39.2 Å². The van der Waals surface area contributed by atoms with E-state index in [1.165, 1.54) is 0 Å². The largest absolute Gasteiger partial charge is 0.489 e. The Morgan fingerprint density at radius 3 is 2.37 bits per heavy atom. The Kier molecular flexibility index (Phi) is 7.40. The van der Waals surface area contributed by atoms with E-state index in [1.54, 1.807) is 0 Å². The van der Waals surface area contributed by atoms with Crippen molar-refractivity contribution < 1.29 is 19.2 Å². The molecule has 0 atom stereocenters. The first-order valence-electron chi connectivity index (χ1n) is 12.2. The zero-order valence-electron chi connectivity index (χ0n) is 20.5. The van der Waals surface area contributed by atoms with Crippen molar-refractivity contribution in [2.45, 2.75) is 13.2 Å². The molecule has 1 aromatic heterocycles. The first-order valence-corrected chi connectivity index (χ1v) is 12.2. The maximum atomic E-state index is 11.1. The molecular weight excluding hydrogens is 502 g/mol. The van der Waals surface area contributed by atoms with Crippen molar-refractivity contribution in [1.82, 2.24) is 15.0 Å². The zero-order valence-corrected chi connectivity index (χ0v) is 21.3. The molecular formula is C30H26ClN3O4. The van der Waals surface area contributed by atoms with E-state index in [0.717, 1.165) is 38.8 Å². The van der Waals surface area contributed by atoms with Crippen LogP contribution in [0.4, 0.5) is 0 Å². The number of fused-ring (bicyclic) bond motifs is 1. The van der Waals surface area contributed by atoms with Gasteiger partial charge >= 0.3 is 5.97 Å². The monoisotopic (exact) mass is 527 g/mol. The Bertz CT molecular complexity index is 1550. The number of likely N-dealkylation sites (tertiary alicyclic amines) is 1. The van der Waals surface area contributed by atoms with Crippen molar-refractivity contribution in [3.8, 4) is 28.6 Å². The summed E-state index contributed by atoms with van der Waals surface area (Å²) in [6, 6.07) is 29.9. The van der Waals surface area contributed by atoms with Gasteiger partial charge in [-0.25, -0.2) is 0 Å². The van der Waals surface area contributed by atoms with Gasteiger partial charge < -0.3 is 14.4 Å². The summed E-state index contributed by atoms with van der Waals surface area (Å²) in [5.41, 5.74) is 3.97. The van der Waals surface area contributed by atoms with E-state index in [-0.39, 0.29) is 18.3 Å². The van der Waals surface area contributed by atoms with Gasteiger partial charge in [0, 0.05) is 30.8 Å². The van der Waals surface area contributed by atoms with Crippen LogP contribution in [-0.2, 0) is 17.9 Å². The summed E-state index contributed by atoms with van der Waals surface area (Å²) in [6.07, 6.45) is 0. The molecule has 0 aliphatic carbocycles. The average molecular weight is 528 g/mol. The minimum Gasteiger partial charge on any atom is -0.489 e. The lowest BCUT2D eigenvalue weighted by Crippen LogP contribution is -2.49. The third kappa shape index (κ3) is 5.25. The molecule has 0 unspecified atom stereocenters. The molecule has 1 saturated heterocycles. The number of ether oxygens (including phenoxy) is 1. The van der Waals surface area contributed by atoms with Gasteiger partial charge in [0.2, 0.25) is 5.82 Å². The topological polar surface area (TPSA) is 88.7 Å². The number of hydrogen-bond donors (Lipinski definition) is 1. The predicted octanol–water partition coefficient (Wildman–Crippen LogP) is 6.07. The highest BCUT2D eigenvalue weighted by atomic mass is 35.5. The van der Waals surface area contributed by atoms with E-state index in [1.807, 2.05) is 72.8 Å². The number of nitrogens with zero attached hydrogens (tertiary/aromatic N) is 3. The molecule has 1 fully saturated rings. The van der Waals surface area contributed by atoms with Crippen LogP contribution in [0.1, 0.15) is 11.1 Å². The fraction of sp³-hybridized carbons (Fsp3) is 0.167. The lowest BCUT2D eigenvalue weighted by Gasteiger charge is -2.36. The summed E-state index contributed by atoms with van der Waals surface area (Å²) in [6.45, 7) is 2.37. The summed E-state index contributed by atoms with van der Waals surface area (Å²) in [5, 5.41) is 15.6. The molecule has 6 rings (SSSR count). The van der Waals surface area contributed by atoms with Crippen LogP contribution >= 0.6 is 12.4 Å². The first-order chi connectivity index (χ1) is 18.1. The van der Waals surface area contributed by atoms with Crippen LogP contribution in [0.2, 0.25) is 0 Å². The van der Waals surface area contributed by atoms with Gasteiger partial charge in [-0.1, -0.05) is 71.9 Å². The number of benzene rings is 4.